The van der Waals surface area contributed by atoms with Crippen molar-refractivity contribution in [3.63, 3.8) is 0 Å². The number of rotatable bonds is 3. The van der Waals surface area contributed by atoms with Crippen molar-refractivity contribution in [2.45, 2.75) is 6.92 Å². The van der Waals surface area contributed by atoms with Gasteiger partial charge in [0.05, 0.1) is 18.5 Å². The number of amides is 1. The normalized spacial score (nSPS) is 9.93. The minimum Gasteiger partial charge on any atom is -0.395 e. The lowest BCUT2D eigenvalue weighted by molar-refractivity contribution is 0.0760. The molecule has 5 nitrogen and oxygen atoms in total. The van der Waals surface area contributed by atoms with Crippen LogP contribution in [0, 0.1) is 6.92 Å². The molecule has 0 saturated carbocycles. The molecule has 0 unspecified atom stereocenters. The average Bonchev–Trinajstić information content (AvgIpc) is 2.18. The summed E-state index contributed by atoms with van der Waals surface area (Å²) < 4.78 is 0. The summed E-state index contributed by atoms with van der Waals surface area (Å²) in [5.74, 6) is -0.230. The summed E-state index contributed by atoms with van der Waals surface area (Å²) in [5.41, 5.74) is 1.07. The van der Waals surface area contributed by atoms with Gasteiger partial charge in [0.15, 0.2) is 0 Å². The Morgan fingerprint density at radius 1 is 1.50 bits per heavy atom. The fourth-order valence-electron chi connectivity index (χ4n) is 0.950. The van der Waals surface area contributed by atoms with Gasteiger partial charge in [0.1, 0.15) is 5.69 Å². The molecule has 0 aromatic carbocycles. The van der Waals surface area contributed by atoms with E-state index in [1.54, 1.807) is 20.2 Å². The maximum Gasteiger partial charge on any atom is 0.273 e. The van der Waals surface area contributed by atoms with Crippen LogP contribution in [-0.4, -0.2) is 46.1 Å². The van der Waals surface area contributed by atoms with E-state index in [4.69, 9.17) is 5.11 Å². The standard InChI is InChI=1S/C9H13N3O2/c1-7-5-11-8(6-10-7)9(14)12(2)3-4-13/h5-6,13H,3-4H2,1-2H3. The molecule has 0 atom stereocenters. The molecule has 0 saturated heterocycles. The molecule has 1 heterocycles. The lowest BCUT2D eigenvalue weighted by Gasteiger charge is -2.14. The number of carbonyl (C=O) groups excluding carboxylic acids is 1. The Morgan fingerprint density at radius 2 is 2.21 bits per heavy atom. The number of aromatic nitrogens is 2. The van der Waals surface area contributed by atoms with Gasteiger partial charge in [-0.3, -0.25) is 9.78 Å². The molecule has 76 valence electrons. The first-order valence-electron chi connectivity index (χ1n) is 4.30. The number of aliphatic hydroxyl groups is 1. The second-order valence-electron chi connectivity index (χ2n) is 2.99. The van der Waals surface area contributed by atoms with E-state index in [2.05, 4.69) is 9.97 Å². The third-order valence-electron chi connectivity index (χ3n) is 1.78. The highest BCUT2D eigenvalue weighted by atomic mass is 16.3. The Bertz CT molecular complexity index is 310. The van der Waals surface area contributed by atoms with Crippen LogP contribution in [0.4, 0.5) is 0 Å². The number of aryl methyl sites for hydroxylation is 1. The Labute approximate surface area is 82.4 Å². The van der Waals surface area contributed by atoms with Crippen LogP contribution in [0.3, 0.4) is 0 Å². The SMILES string of the molecule is Cc1cnc(C(=O)N(C)CCO)cn1. The van der Waals surface area contributed by atoms with Crippen LogP contribution in [0.1, 0.15) is 16.2 Å². The van der Waals surface area contributed by atoms with Gasteiger partial charge in [-0.1, -0.05) is 0 Å². The van der Waals surface area contributed by atoms with Crippen molar-refractivity contribution in [3.8, 4) is 0 Å². The fourth-order valence-corrected chi connectivity index (χ4v) is 0.950. The Kier molecular flexibility index (Phi) is 3.53. The summed E-state index contributed by atoms with van der Waals surface area (Å²) in [6.45, 7) is 2.05. The van der Waals surface area contributed by atoms with Crippen molar-refractivity contribution in [1.29, 1.82) is 0 Å². The number of hydrogen-bond acceptors (Lipinski definition) is 4. The Balaban J connectivity index is 2.74. The molecule has 0 aliphatic carbocycles. The van der Waals surface area contributed by atoms with Crippen LogP contribution in [0.25, 0.3) is 0 Å². The highest BCUT2D eigenvalue weighted by Gasteiger charge is 2.12. The third-order valence-corrected chi connectivity index (χ3v) is 1.78. The maximum absolute atomic E-state index is 11.6. The molecule has 0 fully saturated rings. The minimum absolute atomic E-state index is 0.0540. The van der Waals surface area contributed by atoms with Gasteiger partial charge in [0.25, 0.3) is 5.91 Å². The Hall–Kier alpha value is -1.49. The zero-order valence-electron chi connectivity index (χ0n) is 8.27. The van der Waals surface area contributed by atoms with Crippen LogP contribution in [0.5, 0.6) is 0 Å². The van der Waals surface area contributed by atoms with E-state index in [1.807, 2.05) is 0 Å². The molecule has 0 radical (unpaired) electrons. The van der Waals surface area contributed by atoms with E-state index in [1.165, 1.54) is 11.1 Å². The molecular weight excluding hydrogens is 182 g/mol. The molecule has 0 aliphatic heterocycles. The van der Waals surface area contributed by atoms with E-state index in [0.29, 0.717) is 12.2 Å². The topological polar surface area (TPSA) is 66.3 Å². The van der Waals surface area contributed by atoms with Crippen LogP contribution >= 0.6 is 0 Å². The van der Waals surface area contributed by atoms with Gasteiger partial charge in [0.2, 0.25) is 0 Å². The van der Waals surface area contributed by atoms with E-state index in [-0.39, 0.29) is 12.5 Å². The van der Waals surface area contributed by atoms with Crippen LogP contribution in [0.15, 0.2) is 12.4 Å². The van der Waals surface area contributed by atoms with Crippen molar-refractivity contribution < 1.29 is 9.90 Å². The van der Waals surface area contributed by atoms with Gasteiger partial charge in [-0.05, 0) is 6.92 Å². The molecule has 1 amide bonds. The summed E-state index contributed by atoms with van der Waals surface area (Å²) in [6, 6.07) is 0. The third kappa shape index (κ3) is 2.50. The predicted octanol–water partition coefficient (Wildman–Crippen LogP) is -0.151. The molecule has 1 aromatic heterocycles. The first-order chi connectivity index (χ1) is 6.65. The average molecular weight is 195 g/mol. The predicted molar refractivity (Wildman–Crippen MR) is 50.8 cm³/mol. The van der Waals surface area contributed by atoms with Crippen LogP contribution in [-0.2, 0) is 0 Å². The molecule has 1 N–H and O–H groups in total. The van der Waals surface area contributed by atoms with Crippen molar-refractivity contribution >= 4 is 5.91 Å². The van der Waals surface area contributed by atoms with E-state index < -0.39 is 0 Å². The number of carbonyl (C=O) groups is 1. The van der Waals surface area contributed by atoms with Crippen LogP contribution < -0.4 is 0 Å². The first-order valence-corrected chi connectivity index (χ1v) is 4.30. The summed E-state index contributed by atoms with van der Waals surface area (Å²) in [7, 11) is 1.61. The quantitative estimate of drug-likeness (QED) is 0.728. The van der Waals surface area contributed by atoms with Gasteiger partial charge in [-0.2, -0.15) is 0 Å². The maximum atomic E-state index is 11.6. The zero-order valence-corrected chi connectivity index (χ0v) is 8.27. The highest BCUT2D eigenvalue weighted by molar-refractivity contribution is 5.91. The minimum atomic E-state index is -0.230. The lowest BCUT2D eigenvalue weighted by Crippen LogP contribution is -2.30. The van der Waals surface area contributed by atoms with E-state index in [0.717, 1.165) is 5.69 Å². The number of nitrogens with zero attached hydrogens (tertiary/aromatic N) is 3. The molecule has 1 aromatic rings. The van der Waals surface area contributed by atoms with Crippen molar-refractivity contribution in [2.75, 3.05) is 20.2 Å². The summed E-state index contributed by atoms with van der Waals surface area (Å²) in [6.07, 6.45) is 2.98. The highest BCUT2D eigenvalue weighted by Crippen LogP contribution is 1.98. The number of aliphatic hydroxyl groups excluding tert-OH is 1. The first kappa shape index (κ1) is 10.6. The van der Waals surface area contributed by atoms with Crippen molar-refractivity contribution in [3.05, 3.63) is 23.8 Å². The second-order valence-corrected chi connectivity index (χ2v) is 2.99. The monoisotopic (exact) mass is 195 g/mol. The van der Waals surface area contributed by atoms with Gasteiger partial charge in [0, 0.05) is 19.8 Å². The second kappa shape index (κ2) is 4.66. The molecule has 5 heteroatoms. The Morgan fingerprint density at radius 3 is 2.71 bits per heavy atom. The summed E-state index contributed by atoms with van der Waals surface area (Å²) >= 11 is 0. The summed E-state index contributed by atoms with van der Waals surface area (Å²) in [5, 5.41) is 8.65. The molecule has 0 aliphatic rings. The smallest absolute Gasteiger partial charge is 0.273 e. The zero-order chi connectivity index (χ0) is 10.6. The molecule has 0 spiro atoms. The van der Waals surface area contributed by atoms with Gasteiger partial charge < -0.3 is 10.0 Å². The van der Waals surface area contributed by atoms with E-state index in [9.17, 15) is 4.79 Å². The molecule has 14 heavy (non-hydrogen) atoms. The van der Waals surface area contributed by atoms with Gasteiger partial charge >= 0.3 is 0 Å². The summed E-state index contributed by atoms with van der Waals surface area (Å²) in [4.78, 5) is 20.9. The van der Waals surface area contributed by atoms with E-state index >= 15 is 0 Å². The number of likely N-dealkylation sites (N-methyl/N-ethyl adjacent to an activating group) is 1. The van der Waals surface area contributed by atoms with Crippen LogP contribution in [0.2, 0.25) is 0 Å². The molecular formula is C9H13N3O2. The largest absolute Gasteiger partial charge is 0.395 e. The lowest BCUT2D eigenvalue weighted by atomic mass is 10.3. The van der Waals surface area contributed by atoms with Gasteiger partial charge in [-0.15, -0.1) is 0 Å². The molecule has 1 rings (SSSR count). The van der Waals surface area contributed by atoms with Crippen molar-refractivity contribution in [1.82, 2.24) is 14.9 Å². The fraction of sp³-hybridized carbons (Fsp3) is 0.444. The van der Waals surface area contributed by atoms with Crippen molar-refractivity contribution in [2.24, 2.45) is 0 Å². The molecule has 0 bridgehead atoms. The van der Waals surface area contributed by atoms with Gasteiger partial charge in [-0.25, -0.2) is 4.98 Å². The number of hydrogen-bond donors (Lipinski definition) is 1.